The summed E-state index contributed by atoms with van der Waals surface area (Å²) in [4.78, 5) is 26.2. The zero-order chi connectivity index (χ0) is 29.3. The summed E-state index contributed by atoms with van der Waals surface area (Å²) >= 11 is 0. The van der Waals surface area contributed by atoms with E-state index in [4.69, 9.17) is 9.84 Å². The Bertz CT molecular complexity index is 1030. The largest absolute Gasteiger partial charge is 0.494 e. The zero-order valence-corrected chi connectivity index (χ0v) is 25.3. The highest BCUT2D eigenvalue weighted by atomic mass is 16.5. The van der Waals surface area contributed by atoms with Crippen LogP contribution in [0.4, 0.5) is 5.69 Å². The van der Waals surface area contributed by atoms with Crippen molar-refractivity contribution in [2.45, 2.75) is 79.2 Å². The van der Waals surface area contributed by atoms with Crippen molar-refractivity contribution in [3.63, 3.8) is 0 Å². The van der Waals surface area contributed by atoms with Gasteiger partial charge in [0.25, 0.3) is 0 Å². The number of rotatable bonds is 14. The Morgan fingerprint density at radius 2 is 1.65 bits per heavy atom. The van der Waals surface area contributed by atoms with Crippen molar-refractivity contribution in [1.29, 1.82) is 0 Å². The maximum absolute atomic E-state index is 10.9. The van der Waals surface area contributed by atoms with Crippen LogP contribution in [0.3, 0.4) is 0 Å². The van der Waals surface area contributed by atoms with Gasteiger partial charge in [0.05, 0.1) is 6.61 Å². The highest BCUT2D eigenvalue weighted by molar-refractivity contribution is 5.94. The molecule has 0 radical (unpaired) electrons. The van der Waals surface area contributed by atoms with Gasteiger partial charge in [0.1, 0.15) is 5.75 Å². The molecule has 0 amide bonds. The molecule has 2 unspecified atom stereocenters. The van der Waals surface area contributed by atoms with Gasteiger partial charge in [0.15, 0.2) is 5.78 Å². The Morgan fingerprint density at radius 1 is 1.00 bits per heavy atom. The second-order valence-corrected chi connectivity index (χ2v) is 10.7. The van der Waals surface area contributed by atoms with Crippen molar-refractivity contribution in [2.75, 3.05) is 37.7 Å². The Labute approximate surface area is 242 Å². The summed E-state index contributed by atoms with van der Waals surface area (Å²) in [5.41, 5.74) is 2.70. The molecule has 3 rings (SSSR count). The van der Waals surface area contributed by atoms with E-state index in [1.807, 2.05) is 0 Å². The number of likely N-dealkylation sites (tertiary alicyclic amines) is 1. The molecule has 1 aliphatic rings. The molecule has 40 heavy (non-hydrogen) atoms. The van der Waals surface area contributed by atoms with Gasteiger partial charge >= 0.3 is 5.97 Å². The van der Waals surface area contributed by atoms with Crippen LogP contribution in [0.25, 0.3) is 6.08 Å². The number of Topliss-reactive ketones (excluding diaryl/α,β-unsaturated/α-hetero) is 1. The van der Waals surface area contributed by atoms with Crippen LogP contribution in [0.5, 0.6) is 5.75 Å². The summed E-state index contributed by atoms with van der Waals surface area (Å²) < 4.78 is 5.99. The van der Waals surface area contributed by atoms with Gasteiger partial charge in [0.2, 0.25) is 0 Å². The zero-order valence-electron chi connectivity index (χ0n) is 25.3. The van der Waals surface area contributed by atoms with Crippen LogP contribution in [0, 0.1) is 5.92 Å². The second-order valence-electron chi connectivity index (χ2n) is 10.7. The van der Waals surface area contributed by atoms with Gasteiger partial charge in [-0.15, -0.1) is 0 Å². The third kappa shape index (κ3) is 12.0. The molecule has 1 N–H and O–H groups in total. The number of anilines is 1. The molecule has 0 aromatic heterocycles. The summed E-state index contributed by atoms with van der Waals surface area (Å²) in [6, 6.07) is 16.2. The van der Waals surface area contributed by atoms with Gasteiger partial charge in [-0.25, -0.2) is 4.79 Å². The average Bonchev–Trinajstić information content (AvgIpc) is 2.96. The number of nitrogens with zero attached hydrogens (tertiary/aromatic N) is 2. The number of aliphatic carboxylic acids is 1. The van der Waals surface area contributed by atoms with Gasteiger partial charge in [0, 0.05) is 49.5 Å². The number of ketones is 1. The molecule has 6 heteroatoms. The quantitative estimate of drug-likeness (QED) is 0.149. The summed E-state index contributed by atoms with van der Waals surface area (Å²) in [5.74, 6) is 0.910. The van der Waals surface area contributed by atoms with E-state index >= 15 is 0 Å². The van der Waals surface area contributed by atoms with Gasteiger partial charge in [-0.05, 0) is 87.8 Å². The Kier molecular flexibility index (Phi) is 15.1. The summed E-state index contributed by atoms with van der Waals surface area (Å²) in [6.07, 6.45) is 10.1. The fourth-order valence-electron chi connectivity index (χ4n) is 5.02. The normalized spacial score (nSPS) is 17.2. The molecule has 0 aliphatic carbocycles. The lowest BCUT2D eigenvalue weighted by Gasteiger charge is -2.37. The van der Waals surface area contributed by atoms with E-state index in [2.05, 4.69) is 61.8 Å². The van der Waals surface area contributed by atoms with Gasteiger partial charge in [-0.2, -0.15) is 0 Å². The number of benzene rings is 2. The van der Waals surface area contributed by atoms with Crippen LogP contribution in [-0.4, -0.2) is 60.6 Å². The maximum Gasteiger partial charge on any atom is 0.328 e. The molecular formula is C34H50N2O4. The highest BCUT2D eigenvalue weighted by Gasteiger charge is 2.23. The number of piperidine rings is 1. The van der Waals surface area contributed by atoms with Crippen molar-refractivity contribution in [2.24, 2.45) is 5.92 Å². The van der Waals surface area contributed by atoms with Crippen molar-refractivity contribution < 1.29 is 19.4 Å². The van der Waals surface area contributed by atoms with Crippen LogP contribution in [0.15, 0.2) is 54.6 Å². The van der Waals surface area contributed by atoms with E-state index < -0.39 is 5.97 Å². The third-order valence-electron chi connectivity index (χ3n) is 7.47. The number of hydrogen-bond acceptors (Lipinski definition) is 5. The van der Waals surface area contributed by atoms with E-state index in [0.717, 1.165) is 62.0 Å². The Hall–Kier alpha value is -3.12. The fourth-order valence-corrected chi connectivity index (χ4v) is 5.02. The number of hydrogen-bond donors (Lipinski definition) is 1. The van der Waals surface area contributed by atoms with Crippen molar-refractivity contribution in [1.82, 2.24) is 4.90 Å². The molecule has 1 fully saturated rings. The van der Waals surface area contributed by atoms with Gasteiger partial charge in [-0.1, -0.05) is 51.5 Å². The van der Waals surface area contributed by atoms with Gasteiger partial charge < -0.3 is 19.6 Å². The smallest absolute Gasteiger partial charge is 0.328 e. The minimum Gasteiger partial charge on any atom is -0.494 e. The predicted molar refractivity (Wildman–Crippen MR) is 167 cm³/mol. The van der Waals surface area contributed by atoms with E-state index in [-0.39, 0.29) is 5.78 Å². The first kappa shape index (κ1) is 33.1. The van der Waals surface area contributed by atoms with Crippen LogP contribution in [0.2, 0.25) is 0 Å². The van der Waals surface area contributed by atoms with E-state index in [9.17, 15) is 9.59 Å². The van der Waals surface area contributed by atoms with Crippen LogP contribution >= 0.6 is 0 Å². The maximum atomic E-state index is 10.9. The first-order chi connectivity index (χ1) is 19.3. The van der Waals surface area contributed by atoms with E-state index in [1.54, 1.807) is 24.3 Å². The highest BCUT2D eigenvalue weighted by Crippen LogP contribution is 2.24. The lowest BCUT2D eigenvalue weighted by molar-refractivity contribution is -0.131. The minimum absolute atomic E-state index is 0.00114. The molecule has 2 aromatic carbocycles. The first-order valence-electron chi connectivity index (χ1n) is 15.0. The molecule has 1 aliphatic heterocycles. The molecule has 1 heterocycles. The van der Waals surface area contributed by atoms with Crippen molar-refractivity contribution in [3.05, 3.63) is 65.7 Å². The van der Waals surface area contributed by atoms with Crippen LogP contribution < -0.4 is 9.64 Å². The molecular weight excluding hydrogens is 500 g/mol. The Morgan fingerprint density at radius 3 is 2.20 bits per heavy atom. The summed E-state index contributed by atoms with van der Waals surface area (Å²) in [7, 11) is 0. The minimum atomic E-state index is -0.986. The molecule has 220 valence electrons. The molecule has 0 bridgehead atoms. The monoisotopic (exact) mass is 550 g/mol. The van der Waals surface area contributed by atoms with Gasteiger partial charge in [-0.3, -0.25) is 4.79 Å². The Balaban J connectivity index is 0.000000337. The molecule has 2 atom stereocenters. The molecule has 2 aromatic rings. The fraction of sp³-hybridized carbons (Fsp3) is 0.529. The summed E-state index contributed by atoms with van der Waals surface area (Å²) in [6.45, 7) is 16.2. The first-order valence-corrected chi connectivity index (χ1v) is 15.0. The summed E-state index contributed by atoms with van der Waals surface area (Å²) in [5, 5.41) is 8.38. The second kappa shape index (κ2) is 18.3. The molecule has 6 nitrogen and oxygen atoms in total. The number of carboxylic acid groups (broad SMARTS) is 1. The molecule has 0 spiro atoms. The predicted octanol–water partition coefficient (Wildman–Crippen LogP) is 7.58. The van der Waals surface area contributed by atoms with Crippen LogP contribution in [-0.2, 0) is 4.79 Å². The molecule has 0 saturated carbocycles. The SMILES string of the molecule is CC(=O)c1ccc(/C=C/C(=O)O)cc1.CCCN(CCC)c1ccc(OCCCN2CC(CC)CCC2C)cc1. The van der Waals surface area contributed by atoms with E-state index in [0.29, 0.717) is 5.56 Å². The lowest BCUT2D eigenvalue weighted by atomic mass is 9.91. The molecule has 1 saturated heterocycles. The van der Waals surface area contributed by atoms with Crippen LogP contribution in [0.1, 0.15) is 89.1 Å². The topological polar surface area (TPSA) is 70.1 Å². The number of carboxylic acids is 1. The van der Waals surface area contributed by atoms with E-state index in [1.165, 1.54) is 57.3 Å². The number of carbonyl (C=O) groups excluding carboxylic acids is 1. The standard InChI is InChI=1S/C23H40N2O.C11H10O3/c1-5-15-24(16-6-2)22-11-13-23(14-12-22)26-18-8-17-25-19-21(7-3)10-9-20(25)4;1-8(12)10-5-2-9(3-6-10)4-7-11(13)14/h11-14,20-21H,5-10,15-19H2,1-4H3;2-7H,1H3,(H,13,14)/b;7-4+. The average molecular weight is 551 g/mol. The lowest BCUT2D eigenvalue weighted by Crippen LogP contribution is -2.42. The van der Waals surface area contributed by atoms with Crippen molar-refractivity contribution >= 4 is 23.5 Å². The number of ether oxygens (including phenoxy) is 1. The third-order valence-corrected chi connectivity index (χ3v) is 7.47. The number of carbonyl (C=O) groups is 2. The van der Waals surface area contributed by atoms with Crippen molar-refractivity contribution in [3.8, 4) is 5.75 Å².